The third-order valence-electron chi connectivity index (χ3n) is 5.84. The number of hydrogen-bond acceptors (Lipinski definition) is 4. The van der Waals surface area contributed by atoms with Crippen LogP contribution in [0.1, 0.15) is 35.9 Å². The Kier molecular flexibility index (Phi) is 6.16. The molecule has 0 aliphatic carbocycles. The molecule has 2 amide bonds. The SMILES string of the molecule is CCNC(=O)[C@]1(Cc2cc(-c3ccccc3)no2)CCCN(C(=O)c2ccccc2)C1. The van der Waals surface area contributed by atoms with E-state index >= 15 is 0 Å². The standard InChI is InChI=1S/C25H27N3O3/c1-2-26-24(30)25(17-21-16-22(27-31-21)19-10-5-3-6-11-19)14-9-15-28(18-25)23(29)20-12-7-4-8-13-20/h3-8,10-13,16H,2,9,14-15,17-18H2,1H3,(H,26,30)/t25-/m0/s1. The van der Waals surface area contributed by atoms with Crippen LogP contribution < -0.4 is 5.32 Å². The summed E-state index contributed by atoms with van der Waals surface area (Å²) in [6.07, 6.45) is 1.85. The fourth-order valence-electron chi connectivity index (χ4n) is 4.30. The van der Waals surface area contributed by atoms with Gasteiger partial charge in [0.05, 0.1) is 5.41 Å². The Hall–Kier alpha value is -3.41. The molecule has 1 aliphatic heterocycles. The van der Waals surface area contributed by atoms with E-state index in [1.54, 1.807) is 4.90 Å². The first-order valence-corrected chi connectivity index (χ1v) is 10.7. The molecule has 1 atom stereocenters. The molecule has 4 rings (SSSR count). The Morgan fingerprint density at radius 3 is 2.52 bits per heavy atom. The molecule has 1 aromatic heterocycles. The minimum absolute atomic E-state index is 0.0433. The van der Waals surface area contributed by atoms with E-state index in [1.165, 1.54) is 0 Å². The maximum Gasteiger partial charge on any atom is 0.253 e. The topological polar surface area (TPSA) is 75.4 Å². The summed E-state index contributed by atoms with van der Waals surface area (Å²) in [6.45, 7) is 3.44. The molecule has 160 valence electrons. The zero-order valence-corrected chi connectivity index (χ0v) is 17.7. The largest absolute Gasteiger partial charge is 0.361 e. The second-order valence-electron chi connectivity index (χ2n) is 8.06. The van der Waals surface area contributed by atoms with Crippen molar-refractivity contribution in [3.63, 3.8) is 0 Å². The van der Waals surface area contributed by atoms with Crippen molar-refractivity contribution in [1.29, 1.82) is 0 Å². The van der Waals surface area contributed by atoms with Gasteiger partial charge in [0.25, 0.3) is 5.91 Å². The van der Waals surface area contributed by atoms with Gasteiger partial charge in [-0.15, -0.1) is 0 Å². The number of likely N-dealkylation sites (tertiary alicyclic amines) is 1. The smallest absolute Gasteiger partial charge is 0.253 e. The molecule has 0 unspecified atom stereocenters. The highest BCUT2D eigenvalue weighted by Crippen LogP contribution is 2.36. The normalized spacial score (nSPS) is 18.5. The molecule has 2 heterocycles. The zero-order chi connectivity index (χ0) is 21.7. The highest BCUT2D eigenvalue weighted by Gasteiger charge is 2.44. The van der Waals surface area contributed by atoms with Crippen molar-refractivity contribution < 1.29 is 14.1 Å². The van der Waals surface area contributed by atoms with E-state index in [2.05, 4.69) is 10.5 Å². The van der Waals surface area contributed by atoms with Crippen molar-refractivity contribution in [2.45, 2.75) is 26.2 Å². The van der Waals surface area contributed by atoms with Gasteiger partial charge in [0.1, 0.15) is 11.5 Å². The molecule has 0 saturated carbocycles. The zero-order valence-electron chi connectivity index (χ0n) is 17.7. The number of piperidine rings is 1. The number of carbonyl (C=O) groups is 2. The van der Waals surface area contributed by atoms with Gasteiger partial charge in [-0.25, -0.2) is 0 Å². The van der Waals surface area contributed by atoms with Crippen LogP contribution in [0.2, 0.25) is 0 Å². The van der Waals surface area contributed by atoms with Gasteiger partial charge in [0.15, 0.2) is 0 Å². The number of aromatic nitrogens is 1. The van der Waals surface area contributed by atoms with Gasteiger partial charge >= 0.3 is 0 Å². The van der Waals surface area contributed by atoms with Crippen molar-refractivity contribution in [3.05, 3.63) is 78.1 Å². The molecule has 1 fully saturated rings. The second-order valence-corrected chi connectivity index (χ2v) is 8.06. The highest BCUT2D eigenvalue weighted by molar-refractivity contribution is 5.95. The van der Waals surface area contributed by atoms with Crippen LogP contribution in [0.4, 0.5) is 0 Å². The molecule has 3 aromatic rings. The number of nitrogens with zero attached hydrogens (tertiary/aromatic N) is 2. The van der Waals surface area contributed by atoms with E-state index in [1.807, 2.05) is 73.7 Å². The molecule has 6 nitrogen and oxygen atoms in total. The lowest BCUT2D eigenvalue weighted by atomic mass is 9.75. The first-order valence-electron chi connectivity index (χ1n) is 10.7. The second kappa shape index (κ2) is 9.16. The van der Waals surface area contributed by atoms with E-state index in [0.29, 0.717) is 43.8 Å². The summed E-state index contributed by atoms with van der Waals surface area (Å²) < 4.78 is 5.62. The summed E-state index contributed by atoms with van der Waals surface area (Å²) in [4.78, 5) is 28.1. The molecular formula is C25H27N3O3. The van der Waals surface area contributed by atoms with Crippen molar-refractivity contribution in [2.75, 3.05) is 19.6 Å². The predicted molar refractivity (Wildman–Crippen MR) is 118 cm³/mol. The van der Waals surface area contributed by atoms with Gasteiger partial charge < -0.3 is 14.7 Å². The monoisotopic (exact) mass is 417 g/mol. The molecule has 31 heavy (non-hydrogen) atoms. The Labute approximate surface area is 182 Å². The lowest BCUT2D eigenvalue weighted by Crippen LogP contribution is -2.54. The van der Waals surface area contributed by atoms with Gasteiger partial charge in [-0.2, -0.15) is 0 Å². The van der Waals surface area contributed by atoms with Crippen LogP contribution in [-0.2, 0) is 11.2 Å². The van der Waals surface area contributed by atoms with E-state index in [9.17, 15) is 9.59 Å². The van der Waals surface area contributed by atoms with Gasteiger partial charge in [0.2, 0.25) is 5.91 Å². The fourth-order valence-corrected chi connectivity index (χ4v) is 4.30. The van der Waals surface area contributed by atoms with Crippen LogP contribution in [0, 0.1) is 5.41 Å². The molecule has 1 N–H and O–H groups in total. The Morgan fingerprint density at radius 1 is 1.10 bits per heavy atom. The average molecular weight is 418 g/mol. The number of carbonyl (C=O) groups excluding carboxylic acids is 2. The van der Waals surface area contributed by atoms with Gasteiger partial charge in [-0.3, -0.25) is 9.59 Å². The van der Waals surface area contributed by atoms with Crippen molar-refractivity contribution in [3.8, 4) is 11.3 Å². The van der Waals surface area contributed by atoms with Crippen LogP contribution >= 0.6 is 0 Å². The van der Waals surface area contributed by atoms with Crippen LogP contribution in [-0.4, -0.2) is 41.5 Å². The minimum Gasteiger partial charge on any atom is -0.361 e. The summed E-state index contributed by atoms with van der Waals surface area (Å²) in [7, 11) is 0. The number of hydrogen-bond donors (Lipinski definition) is 1. The van der Waals surface area contributed by atoms with Gasteiger partial charge in [-0.05, 0) is 31.9 Å². The van der Waals surface area contributed by atoms with Crippen LogP contribution in [0.3, 0.4) is 0 Å². The molecule has 6 heteroatoms. The molecule has 2 aromatic carbocycles. The van der Waals surface area contributed by atoms with Crippen molar-refractivity contribution >= 4 is 11.8 Å². The highest BCUT2D eigenvalue weighted by atomic mass is 16.5. The summed E-state index contributed by atoms with van der Waals surface area (Å²) in [5.74, 6) is 0.564. The van der Waals surface area contributed by atoms with Crippen molar-refractivity contribution in [2.24, 2.45) is 5.41 Å². The average Bonchev–Trinajstić information content (AvgIpc) is 3.28. The first kappa shape index (κ1) is 20.8. The predicted octanol–water partition coefficient (Wildman–Crippen LogP) is 3.94. The maximum atomic E-state index is 13.2. The molecule has 1 saturated heterocycles. The molecule has 1 aliphatic rings. The lowest BCUT2D eigenvalue weighted by Gasteiger charge is -2.41. The van der Waals surface area contributed by atoms with Gasteiger partial charge in [-0.1, -0.05) is 53.7 Å². The van der Waals surface area contributed by atoms with Crippen LogP contribution in [0.15, 0.2) is 71.3 Å². The van der Waals surface area contributed by atoms with Crippen LogP contribution in [0.25, 0.3) is 11.3 Å². The molecule has 0 radical (unpaired) electrons. The summed E-state index contributed by atoms with van der Waals surface area (Å²) >= 11 is 0. The Bertz CT molecular complexity index is 1030. The van der Waals surface area contributed by atoms with E-state index < -0.39 is 5.41 Å². The Balaban J connectivity index is 1.59. The first-order chi connectivity index (χ1) is 15.1. The lowest BCUT2D eigenvalue weighted by molar-refractivity contribution is -0.133. The third kappa shape index (κ3) is 4.53. The third-order valence-corrected chi connectivity index (χ3v) is 5.84. The van der Waals surface area contributed by atoms with Crippen molar-refractivity contribution in [1.82, 2.24) is 15.4 Å². The molecule has 0 bridgehead atoms. The number of benzene rings is 2. The quantitative estimate of drug-likeness (QED) is 0.659. The van der Waals surface area contributed by atoms with E-state index in [4.69, 9.17) is 4.52 Å². The number of nitrogens with one attached hydrogen (secondary N) is 1. The van der Waals surface area contributed by atoms with E-state index in [-0.39, 0.29) is 11.8 Å². The fraction of sp³-hybridized carbons (Fsp3) is 0.320. The summed E-state index contributed by atoms with van der Waals surface area (Å²) in [6, 6.07) is 20.9. The Morgan fingerprint density at radius 2 is 1.81 bits per heavy atom. The number of amides is 2. The van der Waals surface area contributed by atoms with Crippen LogP contribution in [0.5, 0.6) is 0 Å². The molecular weight excluding hydrogens is 390 g/mol. The van der Waals surface area contributed by atoms with E-state index in [0.717, 1.165) is 17.7 Å². The summed E-state index contributed by atoms with van der Waals surface area (Å²) in [5, 5.41) is 7.18. The molecule has 0 spiro atoms. The summed E-state index contributed by atoms with van der Waals surface area (Å²) in [5.41, 5.74) is 1.61. The maximum absolute atomic E-state index is 13.2. The minimum atomic E-state index is -0.744. The van der Waals surface area contributed by atoms with Gasteiger partial charge in [0, 0.05) is 43.2 Å². The number of rotatable bonds is 6.